The minimum atomic E-state index is 0.0578. The molecule has 1 aliphatic carbocycles. The number of nitrogens with one attached hydrogen (secondary N) is 1. The van der Waals surface area contributed by atoms with E-state index in [1.54, 1.807) is 0 Å². The van der Waals surface area contributed by atoms with E-state index in [-0.39, 0.29) is 11.9 Å². The number of rotatable bonds is 4. The summed E-state index contributed by atoms with van der Waals surface area (Å²) < 4.78 is 7.27. The van der Waals surface area contributed by atoms with Crippen LogP contribution >= 0.6 is 15.9 Å². The summed E-state index contributed by atoms with van der Waals surface area (Å²) in [6.07, 6.45) is 3.78. The molecule has 4 heteroatoms. The van der Waals surface area contributed by atoms with Crippen LogP contribution in [0.3, 0.4) is 0 Å². The van der Waals surface area contributed by atoms with Crippen molar-refractivity contribution in [2.75, 3.05) is 0 Å². The molecule has 0 aliphatic heterocycles. The lowest BCUT2D eigenvalue weighted by molar-refractivity contribution is 0.0458. The summed E-state index contributed by atoms with van der Waals surface area (Å²) >= 11 is 3.47. The number of hydrogen-bond donors (Lipinski definition) is 2. The van der Waals surface area contributed by atoms with Gasteiger partial charge in [-0.25, -0.2) is 0 Å². The molecule has 3 unspecified atom stereocenters. The standard InChI is InChI=1S/C17H25BrN2O/c1-10(2)13-6-4-11(3)8-15(13)21-16-9-12(18)5-7-14(16)17(19)20/h5,7,9-11,13,15H,4,6,8H2,1-3H3,(H3,19,20). The Labute approximate surface area is 135 Å². The molecule has 0 amide bonds. The number of halogens is 1. The molecule has 0 aromatic heterocycles. The Morgan fingerprint density at radius 3 is 2.71 bits per heavy atom. The Morgan fingerprint density at radius 1 is 1.38 bits per heavy atom. The van der Waals surface area contributed by atoms with E-state index in [0.29, 0.717) is 23.3 Å². The van der Waals surface area contributed by atoms with Crippen LogP contribution < -0.4 is 10.5 Å². The fourth-order valence-corrected chi connectivity index (χ4v) is 3.57. The topological polar surface area (TPSA) is 59.1 Å². The average molecular weight is 353 g/mol. The van der Waals surface area contributed by atoms with E-state index < -0.39 is 0 Å². The molecular weight excluding hydrogens is 328 g/mol. The number of amidine groups is 1. The monoisotopic (exact) mass is 352 g/mol. The maximum atomic E-state index is 7.72. The lowest BCUT2D eigenvalue weighted by atomic mass is 9.75. The zero-order valence-corrected chi connectivity index (χ0v) is 14.6. The molecule has 1 aliphatic rings. The minimum absolute atomic E-state index is 0.0578. The number of hydrogen-bond acceptors (Lipinski definition) is 2. The van der Waals surface area contributed by atoms with Gasteiger partial charge in [0.1, 0.15) is 17.7 Å². The van der Waals surface area contributed by atoms with Crippen LogP contribution in [0.4, 0.5) is 0 Å². The summed E-state index contributed by atoms with van der Waals surface area (Å²) in [4.78, 5) is 0. The SMILES string of the molecule is CC1CCC(C(C)C)C(Oc2cc(Br)ccc2C(=N)N)C1. The van der Waals surface area contributed by atoms with E-state index in [2.05, 4.69) is 36.7 Å². The van der Waals surface area contributed by atoms with E-state index in [1.165, 1.54) is 12.8 Å². The van der Waals surface area contributed by atoms with Gasteiger partial charge in [-0.2, -0.15) is 0 Å². The Balaban J connectivity index is 2.26. The van der Waals surface area contributed by atoms with Gasteiger partial charge in [-0.3, -0.25) is 5.41 Å². The summed E-state index contributed by atoms with van der Waals surface area (Å²) in [6.45, 7) is 6.83. The van der Waals surface area contributed by atoms with Crippen LogP contribution in [-0.2, 0) is 0 Å². The Kier molecular flexibility index (Phi) is 5.31. The van der Waals surface area contributed by atoms with Crippen LogP contribution in [0.5, 0.6) is 5.75 Å². The first-order valence-corrected chi connectivity index (χ1v) is 8.48. The molecule has 0 radical (unpaired) electrons. The van der Waals surface area contributed by atoms with Gasteiger partial charge in [-0.1, -0.05) is 43.1 Å². The normalized spacial score (nSPS) is 25.9. The van der Waals surface area contributed by atoms with Crippen LogP contribution in [0.1, 0.15) is 45.6 Å². The van der Waals surface area contributed by atoms with Gasteiger partial charge in [0.05, 0.1) is 5.56 Å². The minimum Gasteiger partial charge on any atom is -0.489 e. The lowest BCUT2D eigenvalue weighted by Gasteiger charge is -2.37. The third-order valence-electron chi connectivity index (χ3n) is 4.47. The molecule has 1 fully saturated rings. The van der Waals surface area contributed by atoms with Gasteiger partial charge in [-0.05, 0) is 48.8 Å². The molecule has 0 saturated heterocycles. The van der Waals surface area contributed by atoms with Crippen molar-refractivity contribution in [1.29, 1.82) is 5.41 Å². The van der Waals surface area contributed by atoms with Crippen LogP contribution in [0.2, 0.25) is 0 Å². The third kappa shape index (κ3) is 4.00. The summed E-state index contributed by atoms with van der Waals surface area (Å²) in [7, 11) is 0. The van der Waals surface area contributed by atoms with E-state index in [1.807, 2.05) is 18.2 Å². The molecule has 0 spiro atoms. The number of nitrogens with two attached hydrogens (primary N) is 1. The summed E-state index contributed by atoms with van der Waals surface area (Å²) in [5, 5.41) is 7.72. The van der Waals surface area contributed by atoms with Gasteiger partial charge >= 0.3 is 0 Å². The second kappa shape index (κ2) is 6.82. The summed E-state index contributed by atoms with van der Waals surface area (Å²) in [5.41, 5.74) is 6.36. The van der Waals surface area contributed by atoms with Crippen molar-refractivity contribution in [3.63, 3.8) is 0 Å². The maximum absolute atomic E-state index is 7.72. The first-order valence-electron chi connectivity index (χ1n) is 7.69. The quantitative estimate of drug-likeness (QED) is 0.615. The molecule has 21 heavy (non-hydrogen) atoms. The van der Waals surface area contributed by atoms with Crippen LogP contribution in [0, 0.1) is 23.2 Å². The molecule has 2 rings (SSSR count). The van der Waals surface area contributed by atoms with E-state index in [0.717, 1.165) is 16.6 Å². The number of benzene rings is 1. The number of nitrogen functional groups attached to an aromatic ring is 1. The van der Waals surface area contributed by atoms with Gasteiger partial charge < -0.3 is 10.5 Å². The molecule has 0 bridgehead atoms. The zero-order valence-electron chi connectivity index (χ0n) is 13.0. The largest absolute Gasteiger partial charge is 0.489 e. The van der Waals surface area contributed by atoms with Crippen LogP contribution in [0.25, 0.3) is 0 Å². The fraction of sp³-hybridized carbons (Fsp3) is 0.588. The molecule has 0 heterocycles. The smallest absolute Gasteiger partial charge is 0.131 e. The van der Waals surface area contributed by atoms with Gasteiger partial charge in [0.15, 0.2) is 0 Å². The van der Waals surface area contributed by atoms with Gasteiger partial charge in [0, 0.05) is 4.47 Å². The highest BCUT2D eigenvalue weighted by Gasteiger charge is 2.32. The van der Waals surface area contributed by atoms with Gasteiger partial charge in [0.2, 0.25) is 0 Å². The van der Waals surface area contributed by atoms with Gasteiger partial charge in [-0.15, -0.1) is 0 Å². The highest BCUT2D eigenvalue weighted by atomic mass is 79.9. The highest BCUT2D eigenvalue weighted by Crippen LogP contribution is 2.37. The fourth-order valence-electron chi connectivity index (χ4n) is 3.23. The molecule has 1 aromatic carbocycles. The van der Waals surface area contributed by atoms with Crippen molar-refractivity contribution in [3.8, 4) is 5.75 Å². The number of ether oxygens (including phenoxy) is 1. The van der Waals surface area contributed by atoms with Crippen LogP contribution in [-0.4, -0.2) is 11.9 Å². The summed E-state index contributed by atoms with van der Waals surface area (Å²) in [5.74, 6) is 2.65. The predicted octanol–water partition coefficient (Wildman–Crippen LogP) is 4.57. The second-order valence-corrected chi connectivity index (χ2v) is 7.45. The van der Waals surface area contributed by atoms with E-state index in [9.17, 15) is 0 Å². The molecule has 3 atom stereocenters. The highest BCUT2D eigenvalue weighted by molar-refractivity contribution is 9.10. The lowest BCUT2D eigenvalue weighted by Crippen LogP contribution is -2.36. The van der Waals surface area contributed by atoms with E-state index >= 15 is 0 Å². The molecule has 1 saturated carbocycles. The second-order valence-electron chi connectivity index (χ2n) is 6.54. The predicted molar refractivity (Wildman–Crippen MR) is 90.9 cm³/mol. The first-order chi connectivity index (χ1) is 9.88. The van der Waals surface area contributed by atoms with Crippen molar-refractivity contribution in [2.24, 2.45) is 23.5 Å². The first kappa shape index (κ1) is 16.3. The maximum Gasteiger partial charge on any atom is 0.131 e. The molecule has 1 aromatic rings. The molecular formula is C17H25BrN2O. The van der Waals surface area contributed by atoms with Crippen molar-refractivity contribution < 1.29 is 4.74 Å². The van der Waals surface area contributed by atoms with Gasteiger partial charge in [0.25, 0.3) is 0 Å². The van der Waals surface area contributed by atoms with Crippen LogP contribution in [0.15, 0.2) is 22.7 Å². The van der Waals surface area contributed by atoms with E-state index in [4.69, 9.17) is 15.9 Å². The van der Waals surface area contributed by atoms with Crippen molar-refractivity contribution in [1.82, 2.24) is 0 Å². The Morgan fingerprint density at radius 2 is 2.10 bits per heavy atom. The third-order valence-corrected chi connectivity index (χ3v) is 4.97. The molecule has 116 valence electrons. The van der Waals surface area contributed by atoms with Crippen molar-refractivity contribution in [3.05, 3.63) is 28.2 Å². The Bertz CT molecular complexity index is 516. The molecule has 3 N–H and O–H groups in total. The average Bonchev–Trinajstić information content (AvgIpc) is 2.38. The van der Waals surface area contributed by atoms with Crippen molar-refractivity contribution in [2.45, 2.75) is 46.1 Å². The van der Waals surface area contributed by atoms with Crippen molar-refractivity contribution >= 4 is 21.8 Å². The summed E-state index contributed by atoms with van der Waals surface area (Å²) in [6, 6.07) is 5.67. The Hall–Kier alpha value is -1.03. The zero-order chi connectivity index (χ0) is 15.6. The molecule has 3 nitrogen and oxygen atoms in total.